The molecule has 8 nitrogen and oxygen atoms in total. The molecule has 0 radical (unpaired) electrons. The summed E-state index contributed by atoms with van der Waals surface area (Å²) < 4.78 is 13.1. The Balaban J connectivity index is 1.29. The third-order valence-corrected chi connectivity index (χ3v) is 6.17. The molecule has 2 aliphatic heterocycles. The van der Waals surface area contributed by atoms with Gasteiger partial charge < -0.3 is 4.90 Å². The van der Waals surface area contributed by atoms with Gasteiger partial charge in [-0.3, -0.25) is 29.8 Å². The summed E-state index contributed by atoms with van der Waals surface area (Å²) in [5, 5.41) is 14.7. The van der Waals surface area contributed by atoms with Crippen molar-refractivity contribution in [2.24, 2.45) is 0 Å². The van der Waals surface area contributed by atoms with Crippen molar-refractivity contribution in [2.75, 3.05) is 49.2 Å². The van der Waals surface area contributed by atoms with Crippen LogP contribution in [-0.4, -0.2) is 66.0 Å². The number of rotatable bonds is 7. The molecule has 4 rings (SSSR count). The van der Waals surface area contributed by atoms with Crippen molar-refractivity contribution in [2.45, 2.75) is 25.8 Å². The number of anilines is 2. The van der Waals surface area contributed by atoms with Gasteiger partial charge in [-0.25, -0.2) is 4.39 Å². The van der Waals surface area contributed by atoms with E-state index in [0.717, 1.165) is 50.5 Å². The van der Waals surface area contributed by atoms with Crippen molar-refractivity contribution in [1.82, 2.24) is 9.91 Å². The number of carbonyl (C=O) groups excluding carboxylic acids is 1. The first-order chi connectivity index (χ1) is 15.4. The van der Waals surface area contributed by atoms with E-state index in [1.54, 1.807) is 17.1 Å². The number of amides is 1. The molecule has 0 bridgehead atoms. The average molecular weight is 442 g/mol. The summed E-state index contributed by atoms with van der Waals surface area (Å²) in [5.74, 6) is -0.141. The van der Waals surface area contributed by atoms with E-state index in [1.165, 1.54) is 24.3 Å². The first-order valence-corrected chi connectivity index (χ1v) is 11.0. The zero-order chi connectivity index (χ0) is 22.7. The average Bonchev–Trinajstić information content (AvgIpc) is 3.07. The Bertz CT molecular complexity index is 945. The lowest BCUT2D eigenvalue weighted by molar-refractivity contribution is -0.384. The van der Waals surface area contributed by atoms with Gasteiger partial charge in [0.25, 0.3) is 5.69 Å². The maximum absolute atomic E-state index is 13.1. The lowest BCUT2D eigenvalue weighted by atomic mass is 10.2. The summed E-state index contributed by atoms with van der Waals surface area (Å²) in [7, 11) is 0. The van der Waals surface area contributed by atoms with Gasteiger partial charge in [0.05, 0.1) is 23.1 Å². The molecule has 1 amide bonds. The van der Waals surface area contributed by atoms with Crippen LogP contribution in [0.25, 0.3) is 0 Å². The zero-order valence-corrected chi connectivity index (χ0v) is 18.2. The number of hydrogen-bond acceptors (Lipinski definition) is 6. The number of nitrogens with zero attached hydrogens (tertiary/aromatic N) is 5. The largest absolute Gasteiger partial charge is 0.369 e. The highest BCUT2D eigenvalue weighted by atomic mass is 19.1. The van der Waals surface area contributed by atoms with E-state index in [-0.39, 0.29) is 23.5 Å². The maximum atomic E-state index is 13.1. The molecular formula is C23H28FN5O3. The molecule has 2 aliphatic rings. The van der Waals surface area contributed by atoms with Crippen molar-refractivity contribution < 1.29 is 14.1 Å². The van der Waals surface area contributed by atoms with E-state index in [0.29, 0.717) is 13.0 Å². The van der Waals surface area contributed by atoms with Gasteiger partial charge in [-0.1, -0.05) is 0 Å². The Kier molecular flexibility index (Phi) is 6.55. The lowest BCUT2D eigenvalue weighted by Crippen LogP contribution is -2.48. The monoisotopic (exact) mass is 441 g/mol. The number of piperazine rings is 1. The van der Waals surface area contributed by atoms with E-state index in [2.05, 4.69) is 9.80 Å². The molecule has 170 valence electrons. The number of non-ortho nitro benzene ring substituents is 1. The Morgan fingerprint density at radius 1 is 0.969 bits per heavy atom. The van der Waals surface area contributed by atoms with Gasteiger partial charge in [-0.15, -0.1) is 0 Å². The smallest absolute Gasteiger partial charge is 0.269 e. The van der Waals surface area contributed by atoms with Crippen molar-refractivity contribution in [3.05, 3.63) is 64.5 Å². The molecular weight excluding hydrogens is 413 g/mol. The van der Waals surface area contributed by atoms with Crippen LogP contribution in [-0.2, 0) is 4.79 Å². The van der Waals surface area contributed by atoms with Gasteiger partial charge in [0.1, 0.15) is 5.82 Å². The number of nitro benzene ring substituents is 1. The number of nitro groups is 1. The van der Waals surface area contributed by atoms with Crippen LogP contribution in [0.2, 0.25) is 0 Å². The van der Waals surface area contributed by atoms with Crippen LogP contribution in [0.3, 0.4) is 0 Å². The van der Waals surface area contributed by atoms with Crippen molar-refractivity contribution in [3.63, 3.8) is 0 Å². The molecule has 0 N–H and O–H groups in total. The van der Waals surface area contributed by atoms with Crippen LogP contribution in [0.5, 0.6) is 0 Å². The van der Waals surface area contributed by atoms with Crippen LogP contribution in [0.4, 0.5) is 21.5 Å². The summed E-state index contributed by atoms with van der Waals surface area (Å²) in [6.07, 6.45) is 1.28. The molecule has 0 spiro atoms. The van der Waals surface area contributed by atoms with Crippen LogP contribution in [0.1, 0.15) is 19.8 Å². The van der Waals surface area contributed by atoms with Gasteiger partial charge in [0.15, 0.2) is 0 Å². The van der Waals surface area contributed by atoms with E-state index in [4.69, 9.17) is 0 Å². The molecule has 2 aromatic carbocycles. The van der Waals surface area contributed by atoms with Crippen molar-refractivity contribution >= 4 is 23.0 Å². The predicted molar refractivity (Wildman–Crippen MR) is 121 cm³/mol. The second kappa shape index (κ2) is 9.52. The molecule has 2 saturated heterocycles. The second-order valence-electron chi connectivity index (χ2n) is 8.35. The second-order valence-corrected chi connectivity index (χ2v) is 8.35. The molecule has 2 fully saturated rings. The van der Waals surface area contributed by atoms with Gasteiger partial charge in [-0.2, -0.15) is 0 Å². The van der Waals surface area contributed by atoms with Crippen molar-refractivity contribution in [3.8, 4) is 0 Å². The Morgan fingerprint density at radius 3 is 2.22 bits per heavy atom. The summed E-state index contributed by atoms with van der Waals surface area (Å²) in [6, 6.07) is 13.0. The van der Waals surface area contributed by atoms with Crippen LogP contribution in [0.15, 0.2) is 48.5 Å². The fourth-order valence-electron chi connectivity index (χ4n) is 4.48. The SMILES string of the molecule is CC1CC(=O)N(CCCN2CCN(c3ccc(F)cc3)CC2)N1c1ccc([N+](=O)[O-])cc1. The highest BCUT2D eigenvalue weighted by Crippen LogP contribution is 2.29. The molecule has 2 aromatic rings. The van der Waals surface area contributed by atoms with Crippen LogP contribution < -0.4 is 9.91 Å². The lowest BCUT2D eigenvalue weighted by Gasteiger charge is -2.37. The van der Waals surface area contributed by atoms with Crippen LogP contribution >= 0.6 is 0 Å². The van der Waals surface area contributed by atoms with Gasteiger partial charge in [0.2, 0.25) is 5.91 Å². The number of hydrazine groups is 1. The van der Waals surface area contributed by atoms with Gasteiger partial charge in [-0.05, 0) is 49.7 Å². The van der Waals surface area contributed by atoms with Crippen molar-refractivity contribution in [1.29, 1.82) is 0 Å². The predicted octanol–water partition coefficient (Wildman–Crippen LogP) is 3.29. The molecule has 1 unspecified atom stereocenters. The minimum absolute atomic E-state index is 0.0169. The number of hydrogen-bond donors (Lipinski definition) is 0. The fourth-order valence-corrected chi connectivity index (χ4v) is 4.48. The van der Waals surface area contributed by atoms with E-state index in [1.807, 2.05) is 24.1 Å². The first kappa shape index (κ1) is 22.0. The summed E-state index contributed by atoms with van der Waals surface area (Å²) in [6.45, 7) is 7.12. The molecule has 0 aliphatic carbocycles. The summed E-state index contributed by atoms with van der Waals surface area (Å²) in [5.41, 5.74) is 1.88. The molecule has 2 heterocycles. The number of halogens is 1. The minimum Gasteiger partial charge on any atom is -0.369 e. The van der Waals surface area contributed by atoms with E-state index >= 15 is 0 Å². The van der Waals surface area contributed by atoms with Crippen LogP contribution in [0, 0.1) is 15.9 Å². The Hall–Kier alpha value is -3.20. The first-order valence-electron chi connectivity index (χ1n) is 11.0. The third kappa shape index (κ3) is 4.83. The van der Waals surface area contributed by atoms with E-state index in [9.17, 15) is 19.3 Å². The van der Waals surface area contributed by atoms with Gasteiger partial charge in [0, 0.05) is 57.1 Å². The normalized spacial score (nSPS) is 19.6. The Morgan fingerprint density at radius 2 is 1.59 bits per heavy atom. The summed E-state index contributed by atoms with van der Waals surface area (Å²) >= 11 is 0. The molecule has 0 saturated carbocycles. The number of benzene rings is 2. The highest BCUT2D eigenvalue weighted by Gasteiger charge is 2.35. The maximum Gasteiger partial charge on any atom is 0.269 e. The quantitative estimate of drug-likeness (QED) is 0.485. The van der Waals surface area contributed by atoms with E-state index < -0.39 is 4.92 Å². The zero-order valence-electron chi connectivity index (χ0n) is 18.2. The molecule has 9 heteroatoms. The third-order valence-electron chi connectivity index (χ3n) is 6.17. The standard InChI is InChI=1S/C23H28FN5O3/c1-18-17-23(30)27(28(18)21-7-9-22(10-8-21)29(31)32)12-2-11-25-13-15-26(16-14-25)20-5-3-19(24)4-6-20/h3-10,18H,2,11-17H2,1H3. The Labute approximate surface area is 186 Å². The highest BCUT2D eigenvalue weighted by molar-refractivity contribution is 5.82. The molecule has 32 heavy (non-hydrogen) atoms. The van der Waals surface area contributed by atoms with Gasteiger partial charge >= 0.3 is 0 Å². The fraction of sp³-hybridized carbons (Fsp3) is 0.435. The molecule has 1 atom stereocenters. The number of carbonyl (C=O) groups is 1. The summed E-state index contributed by atoms with van der Waals surface area (Å²) in [4.78, 5) is 27.7. The minimum atomic E-state index is -0.421. The molecule has 0 aromatic heterocycles. The topological polar surface area (TPSA) is 73.2 Å².